The molecule has 0 amide bonds. The smallest absolute Gasteiger partial charge is 0.295 e. The highest BCUT2D eigenvalue weighted by Gasteiger charge is 2.46. The second-order valence-electron chi connectivity index (χ2n) is 13.6. The third kappa shape index (κ3) is 7.00. The highest BCUT2D eigenvalue weighted by Crippen LogP contribution is 2.45. The second-order valence-corrected chi connectivity index (χ2v) is 27.7. The Morgan fingerprint density at radius 3 is 1.16 bits per heavy atom. The van der Waals surface area contributed by atoms with E-state index < -0.39 is 25.0 Å². The predicted molar refractivity (Wildman–Crippen MR) is 148 cm³/mol. The van der Waals surface area contributed by atoms with E-state index >= 15 is 0 Å². The van der Waals surface area contributed by atoms with Gasteiger partial charge in [0, 0.05) is 5.56 Å². The van der Waals surface area contributed by atoms with E-state index in [4.69, 9.17) is 13.3 Å². The van der Waals surface area contributed by atoms with Crippen LogP contribution in [0.25, 0.3) is 5.76 Å². The monoisotopic (exact) mass is 494 g/mol. The molecule has 6 heteroatoms. The van der Waals surface area contributed by atoms with Gasteiger partial charge in [-0.25, -0.2) is 0 Å². The lowest BCUT2D eigenvalue weighted by molar-refractivity contribution is 0.188. The van der Waals surface area contributed by atoms with Gasteiger partial charge in [0.15, 0.2) is 5.76 Å². The molecule has 0 atom stereocenters. The van der Waals surface area contributed by atoms with Crippen molar-refractivity contribution in [1.82, 2.24) is 0 Å². The van der Waals surface area contributed by atoms with E-state index in [-0.39, 0.29) is 15.1 Å². The van der Waals surface area contributed by atoms with Gasteiger partial charge in [0.1, 0.15) is 0 Å². The van der Waals surface area contributed by atoms with E-state index in [1.165, 1.54) is 0 Å². The van der Waals surface area contributed by atoms with E-state index in [0.29, 0.717) is 5.95 Å². The van der Waals surface area contributed by atoms with Crippen LogP contribution in [0.1, 0.15) is 67.9 Å². The third-order valence-corrected chi connectivity index (χ3v) is 20.6. The van der Waals surface area contributed by atoms with Crippen molar-refractivity contribution in [2.24, 2.45) is 0 Å². The van der Waals surface area contributed by atoms with Crippen LogP contribution in [0, 0.1) is 0 Å². The fraction of sp³-hybridized carbons (Fsp3) is 0.692. The van der Waals surface area contributed by atoms with Crippen LogP contribution < -0.4 is 0 Å². The van der Waals surface area contributed by atoms with Crippen molar-refractivity contribution < 1.29 is 13.3 Å². The molecule has 0 aliphatic carbocycles. The highest BCUT2D eigenvalue weighted by atomic mass is 28.4. The summed E-state index contributed by atoms with van der Waals surface area (Å²) in [5.41, 5.74) is 1.02. The van der Waals surface area contributed by atoms with Gasteiger partial charge in [-0.3, -0.25) is 0 Å². The Hall–Kier alpha value is -0.989. The molecule has 1 aromatic carbocycles. The molecule has 1 aromatic rings. The lowest BCUT2D eigenvalue weighted by Gasteiger charge is -2.43. The zero-order chi connectivity index (χ0) is 25.4. The minimum atomic E-state index is -2.17. The minimum absolute atomic E-state index is 0.0494. The topological polar surface area (TPSA) is 27.7 Å². The van der Waals surface area contributed by atoms with Gasteiger partial charge < -0.3 is 13.3 Å². The molecule has 0 saturated carbocycles. The molecular formula is C26H50O3Si3. The first-order valence-electron chi connectivity index (χ1n) is 11.9. The van der Waals surface area contributed by atoms with E-state index in [1.807, 2.05) is 6.07 Å². The molecule has 0 N–H and O–H groups in total. The van der Waals surface area contributed by atoms with Crippen LogP contribution in [0.15, 0.2) is 36.3 Å². The van der Waals surface area contributed by atoms with Crippen LogP contribution in [-0.2, 0) is 13.3 Å². The summed E-state index contributed by atoms with van der Waals surface area (Å²) in [5.74, 6) is 1.37. The van der Waals surface area contributed by atoms with Crippen LogP contribution in [-0.4, -0.2) is 25.0 Å². The fourth-order valence-electron chi connectivity index (χ4n) is 2.10. The van der Waals surface area contributed by atoms with Crippen molar-refractivity contribution in [2.45, 2.75) is 117 Å². The van der Waals surface area contributed by atoms with E-state index in [2.05, 4.69) is 126 Å². The minimum Gasteiger partial charge on any atom is -0.538 e. The zero-order valence-corrected chi connectivity index (χ0v) is 26.6. The average Bonchev–Trinajstić information content (AvgIpc) is 2.56. The highest BCUT2D eigenvalue weighted by molar-refractivity contribution is 6.76. The Kier molecular flexibility index (Phi) is 8.47. The summed E-state index contributed by atoms with van der Waals surface area (Å²) in [5, 5.41) is 0.160. The molecule has 0 fully saturated rings. The average molecular weight is 495 g/mol. The first-order valence-corrected chi connectivity index (χ1v) is 20.6. The van der Waals surface area contributed by atoms with Gasteiger partial charge in [-0.15, -0.1) is 0 Å². The summed E-state index contributed by atoms with van der Waals surface area (Å²) in [6.45, 7) is 34.1. The van der Waals surface area contributed by atoms with Crippen LogP contribution in [0.3, 0.4) is 0 Å². The zero-order valence-electron chi connectivity index (χ0n) is 23.6. The summed E-state index contributed by atoms with van der Waals surface area (Å²) < 4.78 is 20.9. The molecule has 0 saturated heterocycles. The molecule has 0 radical (unpaired) electrons. The summed E-state index contributed by atoms with van der Waals surface area (Å²) in [7, 11) is -6.48. The first kappa shape index (κ1) is 29.0. The van der Waals surface area contributed by atoms with Crippen LogP contribution in [0.2, 0.25) is 54.4 Å². The molecular weight excluding hydrogens is 445 g/mol. The van der Waals surface area contributed by atoms with Crippen molar-refractivity contribution in [3.05, 3.63) is 41.8 Å². The number of benzene rings is 1. The standard InChI is InChI=1S/C26H50O3Si3/c1-24(2,3)30(10,11)27-22(21-19-17-16-18-20-21)23(28-31(12,13)25(4,5)6)29-32(14,15)26(7,8)9/h16-20H,1-15H3. The van der Waals surface area contributed by atoms with Crippen LogP contribution >= 0.6 is 0 Å². The molecule has 3 nitrogen and oxygen atoms in total. The van der Waals surface area contributed by atoms with E-state index in [9.17, 15) is 0 Å². The molecule has 0 unspecified atom stereocenters. The summed E-state index contributed by atoms with van der Waals surface area (Å²) in [4.78, 5) is 0. The van der Waals surface area contributed by atoms with Gasteiger partial charge in [0.05, 0.1) is 0 Å². The van der Waals surface area contributed by atoms with E-state index in [0.717, 1.165) is 11.3 Å². The molecule has 184 valence electrons. The molecule has 0 spiro atoms. The molecule has 0 heterocycles. The summed E-state index contributed by atoms with van der Waals surface area (Å²) in [6.07, 6.45) is 0. The van der Waals surface area contributed by atoms with Crippen molar-refractivity contribution in [3.8, 4) is 0 Å². The first-order chi connectivity index (χ1) is 14.0. The number of rotatable bonds is 7. The van der Waals surface area contributed by atoms with Gasteiger partial charge in [-0.05, 0) is 54.4 Å². The molecule has 0 aliphatic heterocycles. The Morgan fingerprint density at radius 1 is 0.531 bits per heavy atom. The van der Waals surface area contributed by atoms with Crippen molar-refractivity contribution in [1.29, 1.82) is 0 Å². The molecule has 0 aliphatic rings. The molecule has 0 aromatic heterocycles. The Balaban J connectivity index is 3.84. The van der Waals surface area contributed by atoms with Crippen molar-refractivity contribution in [3.63, 3.8) is 0 Å². The largest absolute Gasteiger partial charge is 0.538 e. The van der Waals surface area contributed by atoms with Crippen LogP contribution in [0.4, 0.5) is 0 Å². The molecule has 1 rings (SSSR count). The van der Waals surface area contributed by atoms with E-state index in [1.54, 1.807) is 0 Å². The quantitative estimate of drug-likeness (QED) is 0.279. The lowest BCUT2D eigenvalue weighted by Crippen LogP contribution is -2.46. The second kappa shape index (κ2) is 9.34. The summed E-state index contributed by atoms with van der Waals surface area (Å²) >= 11 is 0. The van der Waals surface area contributed by atoms with Gasteiger partial charge in [-0.1, -0.05) is 92.6 Å². The lowest BCUT2D eigenvalue weighted by atomic mass is 10.2. The fourth-order valence-corrected chi connectivity index (χ4v) is 5.01. The van der Waals surface area contributed by atoms with Gasteiger partial charge in [0.25, 0.3) is 30.9 Å². The Morgan fingerprint density at radius 2 is 0.844 bits per heavy atom. The number of hydrogen-bond donors (Lipinski definition) is 0. The van der Waals surface area contributed by atoms with Gasteiger partial charge in [0.2, 0.25) is 0 Å². The normalized spacial score (nSPS) is 14.1. The van der Waals surface area contributed by atoms with Crippen LogP contribution in [0.5, 0.6) is 0 Å². The van der Waals surface area contributed by atoms with Crippen molar-refractivity contribution in [2.75, 3.05) is 0 Å². The SMILES string of the molecule is CC(C)(C)[Si](C)(C)OC(O[Si](C)(C)C(C)(C)C)=C(O[Si](C)(C)C(C)(C)C)c1ccccc1. The summed E-state index contributed by atoms with van der Waals surface area (Å²) in [6, 6.07) is 10.4. The Bertz CT molecular complexity index is 760. The predicted octanol–water partition coefficient (Wildman–Crippen LogP) is 9.38. The van der Waals surface area contributed by atoms with Gasteiger partial charge >= 0.3 is 0 Å². The maximum Gasteiger partial charge on any atom is 0.295 e. The van der Waals surface area contributed by atoms with Gasteiger partial charge in [-0.2, -0.15) is 0 Å². The Labute approximate surface area is 202 Å². The third-order valence-electron chi connectivity index (χ3n) is 7.69. The molecule has 32 heavy (non-hydrogen) atoms. The molecule has 0 bridgehead atoms. The maximum atomic E-state index is 6.98. The maximum absolute atomic E-state index is 6.98. The van der Waals surface area contributed by atoms with Crippen molar-refractivity contribution >= 4 is 30.7 Å². The number of hydrogen-bond acceptors (Lipinski definition) is 3.